The van der Waals surface area contributed by atoms with Crippen LogP contribution in [0.4, 0.5) is 5.69 Å². The maximum Gasteiger partial charge on any atom is 0.259 e. The van der Waals surface area contributed by atoms with Crippen LogP contribution < -0.4 is 10.6 Å². The number of rotatable bonds is 10. The number of carbonyl (C=O) groups excluding carboxylic acids is 3. The minimum atomic E-state index is -0.632. The third-order valence-corrected chi connectivity index (χ3v) is 6.34. The van der Waals surface area contributed by atoms with Crippen LogP contribution in [0.1, 0.15) is 58.4 Å². The molecule has 3 rings (SSSR count). The zero-order chi connectivity index (χ0) is 23.1. The number of fused-ring (bicyclic) bond motifs is 3. The molecule has 8 nitrogen and oxygen atoms in total. The first kappa shape index (κ1) is 24.0. The Bertz CT molecular complexity index is 930. The third kappa shape index (κ3) is 5.76. The van der Waals surface area contributed by atoms with Crippen molar-refractivity contribution in [3.8, 4) is 0 Å². The Labute approximate surface area is 193 Å². The summed E-state index contributed by atoms with van der Waals surface area (Å²) in [6.07, 6.45) is 3.37. The zero-order valence-electron chi connectivity index (χ0n) is 18.9. The molecule has 2 N–H and O–H groups in total. The van der Waals surface area contributed by atoms with Crippen LogP contribution in [0.2, 0.25) is 0 Å². The van der Waals surface area contributed by atoms with Crippen molar-refractivity contribution in [3.05, 3.63) is 29.8 Å². The fourth-order valence-electron chi connectivity index (χ4n) is 3.40. The molecule has 9 heteroatoms. The van der Waals surface area contributed by atoms with Gasteiger partial charge >= 0.3 is 0 Å². The normalized spacial score (nSPS) is 17.8. The van der Waals surface area contributed by atoms with Gasteiger partial charge in [-0.3, -0.25) is 19.4 Å². The summed E-state index contributed by atoms with van der Waals surface area (Å²) in [6, 6.07) is 6.98. The van der Waals surface area contributed by atoms with Gasteiger partial charge in [-0.15, -0.1) is 0 Å². The Morgan fingerprint density at radius 3 is 2.75 bits per heavy atom. The van der Waals surface area contributed by atoms with Crippen LogP contribution in [0.5, 0.6) is 0 Å². The Morgan fingerprint density at radius 2 is 2.00 bits per heavy atom. The second kappa shape index (κ2) is 11.3. The van der Waals surface area contributed by atoms with Gasteiger partial charge in [-0.2, -0.15) is 0 Å². The molecule has 0 saturated carbocycles. The number of unbranched alkanes of at least 4 members (excludes halogenated alkanes) is 1. The number of aliphatic imine (C=N–C) groups is 2. The molecule has 172 valence electrons. The molecule has 2 aliphatic heterocycles. The fraction of sp³-hybridized carbons (Fsp3) is 0.522. The van der Waals surface area contributed by atoms with Gasteiger partial charge in [0.15, 0.2) is 5.17 Å². The predicted molar refractivity (Wildman–Crippen MR) is 128 cm³/mol. The van der Waals surface area contributed by atoms with Crippen molar-refractivity contribution in [2.75, 3.05) is 12.3 Å². The Kier molecular flexibility index (Phi) is 8.44. The van der Waals surface area contributed by atoms with Gasteiger partial charge in [0, 0.05) is 24.6 Å². The molecule has 2 aliphatic rings. The molecular weight excluding hydrogens is 426 g/mol. The highest BCUT2D eigenvalue weighted by Crippen LogP contribution is 2.34. The molecule has 0 aliphatic carbocycles. The molecule has 32 heavy (non-hydrogen) atoms. The van der Waals surface area contributed by atoms with E-state index in [4.69, 9.17) is 0 Å². The average Bonchev–Trinajstić information content (AvgIpc) is 3.13. The van der Waals surface area contributed by atoms with Crippen LogP contribution in [0.15, 0.2) is 34.3 Å². The van der Waals surface area contributed by atoms with Crippen molar-refractivity contribution in [2.24, 2.45) is 9.98 Å². The highest BCUT2D eigenvalue weighted by Gasteiger charge is 2.41. The highest BCUT2D eigenvalue weighted by molar-refractivity contribution is 8.14. The van der Waals surface area contributed by atoms with Gasteiger partial charge in [0.2, 0.25) is 11.8 Å². The number of thioether (sulfide) groups is 1. The number of para-hydroxylation sites is 1. The molecule has 3 amide bonds. The van der Waals surface area contributed by atoms with E-state index in [9.17, 15) is 14.4 Å². The largest absolute Gasteiger partial charge is 0.356 e. The van der Waals surface area contributed by atoms with Crippen molar-refractivity contribution >= 4 is 46.2 Å². The Balaban J connectivity index is 1.72. The number of benzene rings is 1. The number of amides is 3. The van der Waals surface area contributed by atoms with Crippen LogP contribution in [0.3, 0.4) is 0 Å². The van der Waals surface area contributed by atoms with E-state index >= 15 is 0 Å². The lowest BCUT2D eigenvalue weighted by Gasteiger charge is -2.25. The van der Waals surface area contributed by atoms with E-state index in [1.54, 1.807) is 0 Å². The lowest BCUT2D eigenvalue weighted by Crippen LogP contribution is -2.42. The van der Waals surface area contributed by atoms with E-state index < -0.39 is 6.04 Å². The van der Waals surface area contributed by atoms with Crippen LogP contribution >= 0.6 is 11.8 Å². The lowest BCUT2D eigenvalue weighted by atomic mass is 10.1. The molecule has 0 fully saturated rings. The van der Waals surface area contributed by atoms with Crippen molar-refractivity contribution in [2.45, 2.75) is 65.0 Å². The van der Waals surface area contributed by atoms with Crippen LogP contribution in [-0.4, -0.2) is 58.0 Å². The second-order valence-electron chi connectivity index (χ2n) is 7.96. The van der Waals surface area contributed by atoms with Gasteiger partial charge in [0.25, 0.3) is 5.91 Å². The summed E-state index contributed by atoms with van der Waals surface area (Å²) in [6.45, 7) is 6.68. The van der Waals surface area contributed by atoms with E-state index in [-0.39, 0.29) is 35.9 Å². The van der Waals surface area contributed by atoms with Gasteiger partial charge in [-0.25, -0.2) is 9.89 Å². The molecule has 2 heterocycles. The fourth-order valence-corrected chi connectivity index (χ4v) is 4.21. The molecule has 0 radical (unpaired) electrons. The van der Waals surface area contributed by atoms with Gasteiger partial charge in [0.1, 0.15) is 11.9 Å². The molecule has 0 saturated heterocycles. The van der Waals surface area contributed by atoms with Gasteiger partial charge in [-0.1, -0.05) is 44.2 Å². The SMILES string of the molecule is CCCCNC(=O)CCC1N=C2c3ccccc3N=C(SCC(=O)NC(C)CC)N2C1=O. The van der Waals surface area contributed by atoms with Crippen molar-refractivity contribution in [1.29, 1.82) is 0 Å². The smallest absolute Gasteiger partial charge is 0.259 e. The number of hydrogen-bond acceptors (Lipinski definition) is 6. The minimum Gasteiger partial charge on any atom is -0.356 e. The predicted octanol–water partition coefficient (Wildman–Crippen LogP) is 2.99. The first-order chi connectivity index (χ1) is 15.4. The van der Waals surface area contributed by atoms with E-state index in [0.29, 0.717) is 24.0 Å². The summed E-state index contributed by atoms with van der Waals surface area (Å²) in [5, 5.41) is 6.25. The summed E-state index contributed by atoms with van der Waals surface area (Å²) in [5.74, 6) is 0.330. The van der Waals surface area contributed by atoms with Gasteiger partial charge in [-0.05, 0) is 38.3 Å². The summed E-state index contributed by atoms with van der Waals surface area (Å²) < 4.78 is 0. The number of nitrogens with zero attached hydrogens (tertiary/aromatic N) is 3. The van der Waals surface area contributed by atoms with Crippen molar-refractivity contribution < 1.29 is 14.4 Å². The number of nitrogens with one attached hydrogen (secondary N) is 2. The molecule has 0 aromatic heterocycles. The molecule has 1 aromatic carbocycles. The second-order valence-corrected chi connectivity index (χ2v) is 8.90. The Hall–Kier alpha value is -2.68. The van der Waals surface area contributed by atoms with Crippen molar-refractivity contribution in [3.63, 3.8) is 0 Å². The summed E-state index contributed by atoms with van der Waals surface area (Å²) in [4.78, 5) is 48.3. The molecule has 0 spiro atoms. The topological polar surface area (TPSA) is 103 Å². The summed E-state index contributed by atoms with van der Waals surface area (Å²) >= 11 is 1.22. The lowest BCUT2D eigenvalue weighted by molar-refractivity contribution is -0.125. The monoisotopic (exact) mass is 457 g/mol. The Morgan fingerprint density at radius 1 is 1.22 bits per heavy atom. The maximum absolute atomic E-state index is 13.2. The molecule has 2 atom stereocenters. The molecule has 1 aromatic rings. The number of carbonyl (C=O) groups is 3. The maximum atomic E-state index is 13.2. The summed E-state index contributed by atoms with van der Waals surface area (Å²) in [7, 11) is 0. The third-order valence-electron chi connectivity index (χ3n) is 5.40. The first-order valence-corrected chi connectivity index (χ1v) is 12.2. The van der Waals surface area contributed by atoms with Crippen molar-refractivity contribution in [1.82, 2.24) is 15.5 Å². The van der Waals surface area contributed by atoms with Crippen LogP contribution in [0.25, 0.3) is 0 Å². The van der Waals surface area contributed by atoms with E-state index in [1.807, 2.05) is 38.1 Å². The van der Waals surface area contributed by atoms with E-state index in [0.717, 1.165) is 30.5 Å². The average molecular weight is 458 g/mol. The minimum absolute atomic E-state index is 0.0679. The summed E-state index contributed by atoms with van der Waals surface area (Å²) in [5.41, 5.74) is 1.50. The van der Waals surface area contributed by atoms with Gasteiger partial charge < -0.3 is 10.6 Å². The van der Waals surface area contributed by atoms with Crippen LogP contribution in [-0.2, 0) is 14.4 Å². The highest BCUT2D eigenvalue weighted by atomic mass is 32.2. The number of amidine groups is 2. The zero-order valence-corrected chi connectivity index (χ0v) is 19.7. The molecular formula is C23H31N5O3S. The van der Waals surface area contributed by atoms with Crippen LogP contribution in [0, 0.1) is 0 Å². The number of hydrogen-bond donors (Lipinski definition) is 2. The van der Waals surface area contributed by atoms with E-state index in [1.165, 1.54) is 16.7 Å². The van der Waals surface area contributed by atoms with E-state index in [2.05, 4.69) is 27.5 Å². The standard InChI is InChI=1S/C23H31N5O3S/c1-4-6-13-24-19(29)12-11-18-22(31)28-21(26-18)16-9-7-8-10-17(16)27-23(28)32-14-20(30)25-15(3)5-2/h7-10,15,18H,4-6,11-14H2,1-3H3,(H,24,29)(H,25,30). The molecule has 2 unspecified atom stereocenters. The first-order valence-electron chi connectivity index (χ1n) is 11.2. The quantitative estimate of drug-likeness (QED) is 0.527. The van der Waals surface area contributed by atoms with Gasteiger partial charge in [0.05, 0.1) is 11.4 Å². The molecule has 0 bridgehead atoms.